The molecule has 1 amide bonds. The number of carbonyl (C=O) groups excluding carboxylic acids is 1. The van der Waals surface area contributed by atoms with Crippen molar-refractivity contribution >= 4 is 5.91 Å². The summed E-state index contributed by atoms with van der Waals surface area (Å²) >= 11 is 0. The molecule has 0 saturated carbocycles. The largest absolute Gasteiger partial charge is 0.486 e. The predicted octanol–water partition coefficient (Wildman–Crippen LogP) is 3.12. The molecule has 0 heterocycles. The van der Waals surface area contributed by atoms with E-state index in [1.54, 1.807) is 7.05 Å². The highest BCUT2D eigenvalue weighted by Gasteiger charge is 2.13. The van der Waals surface area contributed by atoms with Crippen LogP contribution in [0.3, 0.4) is 0 Å². The van der Waals surface area contributed by atoms with E-state index in [1.807, 2.05) is 61.5 Å². The second-order valence-corrected chi connectivity index (χ2v) is 4.62. The second-order valence-electron chi connectivity index (χ2n) is 4.62. The van der Waals surface area contributed by atoms with Crippen LogP contribution in [0.5, 0.6) is 5.75 Å². The zero-order valence-electron chi connectivity index (χ0n) is 11.8. The third kappa shape index (κ3) is 3.60. The fourth-order valence-corrected chi connectivity index (χ4v) is 2.12. The van der Waals surface area contributed by atoms with Gasteiger partial charge in [0.05, 0.1) is 6.42 Å². The smallest absolute Gasteiger partial charge is 0.224 e. The fourth-order valence-electron chi connectivity index (χ4n) is 2.12. The van der Waals surface area contributed by atoms with Gasteiger partial charge >= 0.3 is 0 Å². The summed E-state index contributed by atoms with van der Waals surface area (Å²) in [5.41, 5.74) is 2.04. The van der Waals surface area contributed by atoms with Crippen molar-refractivity contribution in [2.45, 2.75) is 19.4 Å². The quantitative estimate of drug-likeness (QED) is 0.905. The maximum absolute atomic E-state index is 11.6. The van der Waals surface area contributed by atoms with Crippen LogP contribution < -0.4 is 10.1 Å². The summed E-state index contributed by atoms with van der Waals surface area (Å²) in [5.74, 6) is 0.833. The van der Waals surface area contributed by atoms with Crippen molar-refractivity contribution in [3.05, 3.63) is 65.7 Å². The molecule has 1 atom stereocenters. The topological polar surface area (TPSA) is 38.3 Å². The number of ether oxygens (including phenoxy) is 1. The molecule has 1 unspecified atom stereocenters. The minimum Gasteiger partial charge on any atom is -0.486 e. The van der Waals surface area contributed by atoms with Crippen LogP contribution in [0.4, 0.5) is 0 Å². The first-order valence-corrected chi connectivity index (χ1v) is 6.71. The summed E-state index contributed by atoms with van der Waals surface area (Å²) in [6.07, 6.45) is 0.271. The summed E-state index contributed by atoms with van der Waals surface area (Å²) < 4.78 is 5.92. The summed E-state index contributed by atoms with van der Waals surface area (Å²) in [4.78, 5) is 11.6. The van der Waals surface area contributed by atoms with Crippen molar-refractivity contribution in [3.8, 4) is 5.75 Å². The molecule has 1 N–H and O–H groups in total. The summed E-state index contributed by atoms with van der Waals surface area (Å²) in [7, 11) is 1.65. The van der Waals surface area contributed by atoms with Crippen LogP contribution in [0.25, 0.3) is 0 Å². The lowest BCUT2D eigenvalue weighted by Crippen LogP contribution is -2.21. The maximum Gasteiger partial charge on any atom is 0.224 e. The van der Waals surface area contributed by atoms with Gasteiger partial charge in [-0.2, -0.15) is 0 Å². The van der Waals surface area contributed by atoms with Crippen molar-refractivity contribution < 1.29 is 9.53 Å². The highest BCUT2D eigenvalue weighted by Crippen LogP contribution is 2.24. The molecule has 0 spiro atoms. The zero-order valence-corrected chi connectivity index (χ0v) is 11.8. The van der Waals surface area contributed by atoms with Crippen molar-refractivity contribution in [2.24, 2.45) is 0 Å². The molecule has 2 aromatic rings. The number of carbonyl (C=O) groups is 1. The van der Waals surface area contributed by atoms with Gasteiger partial charge in [-0.1, -0.05) is 42.5 Å². The van der Waals surface area contributed by atoms with E-state index in [2.05, 4.69) is 5.32 Å². The number of hydrogen-bond donors (Lipinski definition) is 1. The normalized spacial score (nSPS) is 11.7. The maximum atomic E-state index is 11.6. The van der Waals surface area contributed by atoms with Gasteiger partial charge in [0.2, 0.25) is 5.91 Å². The van der Waals surface area contributed by atoms with E-state index >= 15 is 0 Å². The summed E-state index contributed by atoms with van der Waals surface area (Å²) in [6.45, 7) is 2.00. The van der Waals surface area contributed by atoms with E-state index < -0.39 is 0 Å². The standard InChI is InChI=1S/C17H19NO2/c1-13(20-15-9-4-3-5-10-15)16-11-7-6-8-14(16)12-17(19)18-2/h3-11,13H,12H2,1-2H3,(H,18,19). The molecule has 0 aliphatic carbocycles. The van der Waals surface area contributed by atoms with Gasteiger partial charge in [-0.3, -0.25) is 4.79 Å². The Morgan fingerprint density at radius 3 is 2.45 bits per heavy atom. The number of benzene rings is 2. The van der Waals surface area contributed by atoms with Crippen LogP contribution in [0.1, 0.15) is 24.2 Å². The number of rotatable bonds is 5. The van der Waals surface area contributed by atoms with E-state index in [9.17, 15) is 4.79 Å². The molecule has 20 heavy (non-hydrogen) atoms. The summed E-state index contributed by atoms with van der Waals surface area (Å²) in [6, 6.07) is 17.6. The molecular formula is C17H19NO2. The molecule has 0 radical (unpaired) electrons. The molecule has 2 aromatic carbocycles. The van der Waals surface area contributed by atoms with Crippen LogP contribution in [0.15, 0.2) is 54.6 Å². The minimum atomic E-state index is -0.0988. The van der Waals surface area contributed by atoms with Gasteiger partial charge in [0.25, 0.3) is 0 Å². The van der Waals surface area contributed by atoms with E-state index in [0.717, 1.165) is 16.9 Å². The molecule has 3 heteroatoms. The van der Waals surface area contributed by atoms with Gasteiger partial charge < -0.3 is 10.1 Å². The minimum absolute atomic E-state index is 0.00404. The molecule has 0 saturated heterocycles. The second kappa shape index (κ2) is 6.75. The molecule has 3 nitrogen and oxygen atoms in total. The Balaban J connectivity index is 2.17. The van der Waals surface area contributed by atoms with Gasteiger partial charge in [0.1, 0.15) is 11.9 Å². The van der Waals surface area contributed by atoms with Crippen molar-refractivity contribution in [2.75, 3.05) is 7.05 Å². The van der Waals surface area contributed by atoms with Crippen molar-refractivity contribution in [1.29, 1.82) is 0 Å². The van der Waals surface area contributed by atoms with Gasteiger partial charge in [-0.25, -0.2) is 0 Å². The molecule has 104 valence electrons. The van der Waals surface area contributed by atoms with Gasteiger partial charge in [0.15, 0.2) is 0 Å². The van der Waals surface area contributed by atoms with Crippen LogP contribution in [-0.4, -0.2) is 13.0 Å². The number of likely N-dealkylation sites (N-methyl/N-ethyl adjacent to an activating group) is 1. The van der Waals surface area contributed by atoms with Crippen LogP contribution in [0, 0.1) is 0 Å². The fraction of sp³-hybridized carbons (Fsp3) is 0.235. The molecule has 0 aromatic heterocycles. The van der Waals surface area contributed by atoms with Crippen LogP contribution in [-0.2, 0) is 11.2 Å². The Morgan fingerprint density at radius 2 is 1.75 bits per heavy atom. The highest BCUT2D eigenvalue weighted by molar-refractivity contribution is 5.78. The first kappa shape index (κ1) is 14.1. The average Bonchev–Trinajstić information content (AvgIpc) is 2.48. The highest BCUT2D eigenvalue weighted by atomic mass is 16.5. The third-order valence-electron chi connectivity index (χ3n) is 3.18. The lowest BCUT2D eigenvalue weighted by Gasteiger charge is -2.18. The van der Waals surface area contributed by atoms with Gasteiger partial charge in [0, 0.05) is 7.05 Å². The monoisotopic (exact) mass is 269 g/mol. The summed E-state index contributed by atoms with van der Waals surface area (Å²) in [5, 5.41) is 2.65. The van der Waals surface area contributed by atoms with Crippen molar-refractivity contribution in [3.63, 3.8) is 0 Å². The predicted molar refractivity (Wildman–Crippen MR) is 79.7 cm³/mol. The number of hydrogen-bond acceptors (Lipinski definition) is 2. The van der Waals surface area contributed by atoms with Gasteiger partial charge in [-0.15, -0.1) is 0 Å². The van der Waals surface area contributed by atoms with Crippen LogP contribution >= 0.6 is 0 Å². The Labute approximate surface area is 119 Å². The van der Waals surface area contributed by atoms with E-state index in [0.29, 0.717) is 6.42 Å². The first-order valence-electron chi connectivity index (χ1n) is 6.71. The van der Waals surface area contributed by atoms with Crippen molar-refractivity contribution in [1.82, 2.24) is 5.32 Å². The molecule has 0 bridgehead atoms. The number of amides is 1. The van der Waals surface area contributed by atoms with E-state index in [1.165, 1.54) is 0 Å². The number of nitrogens with one attached hydrogen (secondary N) is 1. The van der Waals surface area contributed by atoms with E-state index in [4.69, 9.17) is 4.74 Å². The Bertz CT molecular complexity index is 566. The lowest BCUT2D eigenvalue weighted by atomic mass is 10.0. The Hall–Kier alpha value is -2.29. The molecule has 0 fully saturated rings. The molecule has 0 aliphatic heterocycles. The van der Waals surface area contributed by atoms with Crippen LogP contribution in [0.2, 0.25) is 0 Å². The molecular weight excluding hydrogens is 250 g/mol. The lowest BCUT2D eigenvalue weighted by molar-refractivity contribution is -0.119. The zero-order chi connectivity index (χ0) is 14.4. The Morgan fingerprint density at radius 1 is 1.10 bits per heavy atom. The third-order valence-corrected chi connectivity index (χ3v) is 3.18. The van der Waals surface area contributed by atoms with E-state index in [-0.39, 0.29) is 12.0 Å². The molecule has 2 rings (SSSR count). The SMILES string of the molecule is CNC(=O)Cc1ccccc1C(C)Oc1ccccc1. The average molecular weight is 269 g/mol. The molecule has 0 aliphatic rings. The first-order chi connectivity index (χ1) is 9.70. The Kier molecular flexibility index (Phi) is 4.77. The number of para-hydroxylation sites is 1. The van der Waals surface area contributed by atoms with Gasteiger partial charge in [-0.05, 0) is 30.2 Å².